The first-order chi connectivity index (χ1) is 14.8. The Morgan fingerprint density at radius 1 is 1.23 bits per heavy atom. The first-order valence-electron chi connectivity index (χ1n) is 10.0. The number of benzene rings is 1. The second kappa shape index (κ2) is 8.56. The lowest BCUT2D eigenvalue weighted by Crippen LogP contribution is -2.43. The Bertz CT molecular complexity index is 1100. The van der Waals surface area contributed by atoms with Crippen LogP contribution < -0.4 is 5.32 Å². The number of rotatable bonds is 4. The number of carbonyl (C=O) groups is 2. The third-order valence-corrected chi connectivity index (χ3v) is 8.45. The molecule has 1 unspecified atom stereocenters. The molecule has 4 rings (SSSR count). The highest BCUT2D eigenvalue weighted by molar-refractivity contribution is 7.89. The van der Waals surface area contributed by atoms with Gasteiger partial charge in [-0.1, -0.05) is 29.0 Å². The molecule has 1 N–H and O–H groups in total. The number of anilines is 1. The fraction of sp³-hybridized carbons (Fsp3) is 0.450. The van der Waals surface area contributed by atoms with Gasteiger partial charge in [-0.2, -0.15) is 4.31 Å². The van der Waals surface area contributed by atoms with Crippen molar-refractivity contribution in [2.75, 3.05) is 25.5 Å². The van der Waals surface area contributed by atoms with Gasteiger partial charge in [0.15, 0.2) is 5.13 Å². The molecule has 9 nitrogen and oxygen atoms in total. The predicted molar refractivity (Wildman–Crippen MR) is 115 cm³/mol. The monoisotopic (exact) mass is 464 g/mol. The van der Waals surface area contributed by atoms with Crippen LogP contribution in [0.2, 0.25) is 0 Å². The SMILES string of the molecule is COC(=O)N1CCc2nc(NC(=O)C3CCCN3S(=O)(=O)c3ccc(C)cc3)sc2C1. The Morgan fingerprint density at radius 3 is 2.68 bits per heavy atom. The quantitative estimate of drug-likeness (QED) is 0.744. The van der Waals surface area contributed by atoms with Crippen LogP contribution in [-0.4, -0.2) is 60.8 Å². The summed E-state index contributed by atoms with van der Waals surface area (Å²) in [5.41, 5.74) is 1.81. The number of hydrogen-bond donors (Lipinski definition) is 1. The molecule has 166 valence electrons. The second-order valence-corrected chi connectivity index (χ2v) is 10.6. The van der Waals surface area contributed by atoms with Gasteiger partial charge in [0.1, 0.15) is 6.04 Å². The summed E-state index contributed by atoms with van der Waals surface area (Å²) in [7, 11) is -2.43. The molecule has 0 radical (unpaired) electrons. The van der Waals surface area contributed by atoms with E-state index in [1.807, 2.05) is 6.92 Å². The molecule has 2 aliphatic rings. The normalized spacial score (nSPS) is 19.2. The zero-order valence-electron chi connectivity index (χ0n) is 17.3. The van der Waals surface area contributed by atoms with E-state index in [-0.39, 0.29) is 10.8 Å². The molecule has 2 aliphatic heterocycles. The van der Waals surface area contributed by atoms with E-state index < -0.39 is 22.2 Å². The molecule has 0 spiro atoms. The molecule has 0 saturated carbocycles. The number of nitrogens with zero attached hydrogens (tertiary/aromatic N) is 3. The van der Waals surface area contributed by atoms with Gasteiger partial charge in [-0.15, -0.1) is 0 Å². The zero-order chi connectivity index (χ0) is 22.2. The van der Waals surface area contributed by atoms with Gasteiger partial charge < -0.3 is 15.0 Å². The van der Waals surface area contributed by atoms with Gasteiger partial charge in [0.05, 0.1) is 24.2 Å². The fourth-order valence-electron chi connectivity index (χ4n) is 3.86. The Kier molecular flexibility index (Phi) is 6.00. The molecule has 1 aromatic heterocycles. The number of methoxy groups -OCH3 is 1. The fourth-order valence-corrected chi connectivity index (χ4v) is 6.54. The van der Waals surface area contributed by atoms with Gasteiger partial charge in [0.2, 0.25) is 15.9 Å². The molecule has 1 atom stereocenters. The summed E-state index contributed by atoms with van der Waals surface area (Å²) in [6, 6.07) is 5.85. The van der Waals surface area contributed by atoms with Crippen molar-refractivity contribution in [3.63, 3.8) is 0 Å². The summed E-state index contributed by atoms with van der Waals surface area (Å²) in [5.74, 6) is -0.385. The highest BCUT2D eigenvalue weighted by Gasteiger charge is 2.39. The van der Waals surface area contributed by atoms with Gasteiger partial charge in [-0.25, -0.2) is 18.2 Å². The number of fused-ring (bicyclic) bond motifs is 1. The molecule has 1 saturated heterocycles. The molecular weight excluding hydrogens is 440 g/mol. The lowest BCUT2D eigenvalue weighted by molar-refractivity contribution is -0.119. The maximum atomic E-state index is 13.1. The van der Waals surface area contributed by atoms with Crippen molar-refractivity contribution >= 4 is 38.5 Å². The van der Waals surface area contributed by atoms with E-state index in [4.69, 9.17) is 4.74 Å². The minimum atomic E-state index is -3.77. The van der Waals surface area contributed by atoms with Crippen LogP contribution in [0.4, 0.5) is 9.93 Å². The number of aromatic nitrogens is 1. The lowest BCUT2D eigenvalue weighted by Gasteiger charge is -2.24. The van der Waals surface area contributed by atoms with Crippen molar-refractivity contribution in [1.82, 2.24) is 14.2 Å². The Balaban J connectivity index is 1.48. The van der Waals surface area contributed by atoms with E-state index in [1.54, 1.807) is 29.2 Å². The minimum Gasteiger partial charge on any atom is -0.453 e. The summed E-state index contributed by atoms with van der Waals surface area (Å²) < 4.78 is 32.2. The molecule has 0 aliphatic carbocycles. The van der Waals surface area contributed by atoms with Crippen LogP contribution in [0, 0.1) is 6.92 Å². The van der Waals surface area contributed by atoms with Crippen LogP contribution >= 0.6 is 11.3 Å². The lowest BCUT2D eigenvalue weighted by atomic mass is 10.2. The van der Waals surface area contributed by atoms with E-state index in [2.05, 4.69) is 10.3 Å². The summed E-state index contributed by atoms with van der Waals surface area (Å²) in [4.78, 5) is 31.8. The Hall–Kier alpha value is -2.50. The first-order valence-corrected chi connectivity index (χ1v) is 12.3. The van der Waals surface area contributed by atoms with Crippen LogP contribution in [0.1, 0.15) is 29.0 Å². The first kappa shape index (κ1) is 21.7. The van der Waals surface area contributed by atoms with E-state index in [9.17, 15) is 18.0 Å². The van der Waals surface area contributed by atoms with Crippen molar-refractivity contribution in [3.05, 3.63) is 40.4 Å². The number of amides is 2. The van der Waals surface area contributed by atoms with E-state index in [1.165, 1.54) is 22.8 Å². The van der Waals surface area contributed by atoms with E-state index in [0.717, 1.165) is 16.1 Å². The largest absolute Gasteiger partial charge is 0.453 e. The minimum absolute atomic E-state index is 0.186. The molecule has 1 fully saturated rings. The average molecular weight is 465 g/mol. The Labute approximate surface area is 185 Å². The van der Waals surface area contributed by atoms with Crippen LogP contribution in [0.25, 0.3) is 0 Å². The second-order valence-electron chi connectivity index (χ2n) is 7.61. The molecule has 3 heterocycles. The highest BCUT2D eigenvalue weighted by Crippen LogP contribution is 2.31. The van der Waals surface area contributed by atoms with Crippen molar-refractivity contribution < 1.29 is 22.7 Å². The van der Waals surface area contributed by atoms with Crippen LogP contribution in [0.15, 0.2) is 29.2 Å². The van der Waals surface area contributed by atoms with Crippen molar-refractivity contribution in [1.29, 1.82) is 0 Å². The van der Waals surface area contributed by atoms with Gasteiger partial charge in [0.25, 0.3) is 0 Å². The summed E-state index contributed by atoms with van der Waals surface area (Å²) in [6.45, 7) is 3.08. The number of ether oxygens (including phenoxy) is 1. The average Bonchev–Trinajstić information content (AvgIpc) is 3.40. The van der Waals surface area contributed by atoms with E-state index in [0.29, 0.717) is 44.0 Å². The standard InChI is InChI=1S/C20H24N4O5S2/c1-13-5-7-14(8-6-13)31(27,28)24-10-3-4-16(24)18(25)22-19-21-15-9-11-23(20(26)29-2)12-17(15)30-19/h5-8,16H,3-4,9-12H2,1-2H3,(H,21,22,25). The van der Waals surface area contributed by atoms with Crippen LogP contribution in [-0.2, 0) is 32.5 Å². The van der Waals surface area contributed by atoms with Gasteiger partial charge in [-0.05, 0) is 31.9 Å². The van der Waals surface area contributed by atoms with Crippen molar-refractivity contribution in [3.8, 4) is 0 Å². The summed E-state index contributed by atoms with van der Waals surface area (Å²) in [6.07, 6.45) is 1.25. The number of carbonyl (C=O) groups excluding carboxylic acids is 2. The van der Waals surface area contributed by atoms with E-state index >= 15 is 0 Å². The van der Waals surface area contributed by atoms with Gasteiger partial charge >= 0.3 is 6.09 Å². The number of nitrogens with one attached hydrogen (secondary N) is 1. The summed E-state index contributed by atoms with van der Waals surface area (Å²) in [5, 5.41) is 3.21. The number of sulfonamides is 1. The highest BCUT2D eigenvalue weighted by atomic mass is 32.2. The van der Waals surface area contributed by atoms with Gasteiger partial charge in [-0.3, -0.25) is 4.79 Å². The predicted octanol–water partition coefficient (Wildman–Crippen LogP) is 2.37. The molecular formula is C20H24N4O5S2. The number of thiazole rings is 1. The molecule has 1 aromatic carbocycles. The molecule has 2 amide bonds. The molecule has 2 aromatic rings. The van der Waals surface area contributed by atoms with Crippen LogP contribution in [0.5, 0.6) is 0 Å². The summed E-state index contributed by atoms with van der Waals surface area (Å²) >= 11 is 1.30. The maximum Gasteiger partial charge on any atom is 0.409 e. The third kappa shape index (κ3) is 4.30. The number of aryl methyl sites for hydroxylation is 1. The third-order valence-electron chi connectivity index (χ3n) is 5.53. The Morgan fingerprint density at radius 2 is 1.97 bits per heavy atom. The maximum absolute atomic E-state index is 13.1. The molecule has 0 bridgehead atoms. The molecule has 11 heteroatoms. The van der Waals surface area contributed by atoms with Gasteiger partial charge in [0, 0.05) is 24.4 Å². The van der Waals surface area contributed by atoms with Crippen LogP contribution in [0.3, 0.4) is 0 Å². The van der Waals surface area contributed by atoms with Crippen molar-refractivity contribution in [2.24, 2.45) is 0 Å². The molecule has 31 heavy (non-hydrogen) atoms. The zero-order valence-corrected chi connectivity index (χ0v) is 19.0. The topological polar surface area (TPSA) is 109 Å². The number of hydrogen-bond acceptors (Lipinski definition) is 7. The van der Waals surface area contributed by atoms with Crippen molar-refractivity contribution in [2.45, 2.75) is 43.7 Å². The smallest absolute Gasteiger partial charge is 0.409 e.